The topological polar surface area (TPSA) is 47.3 Å². The van der Waals surface area contributed by atoms with Crippen molar-refractivity contribution in [3.63, 3.8) is 0 Å². The number of rotatable bonds is 2. The molecule has 0 radical (unpaired) electrons. The van der Waals surface area contributed by atoms with Crippen LogP contribution in [-0.2, 0) is 0 Å². The summed E-state index contributed by atoms with van der Waals surface area (Å²) in [6.07, 6.45) is 9.28. The van der Waals surface area contributed by atoms with Crippen LogP contribution in [0.4, 0.5) is 0 Å². The van der Waals surface area contributed by atoms with Gasteiger partial charge in [0.2, 0.25) is 0 Å². The van der Waals surface area contributed by atoms with Crippen LogP contribution in [-0.4, -0.2) is 35.2 Å². The Bertz CT molecular complexity index is 318. The lowest BCUT2D eigenvalue weighted by Crippen LogP contribution is -2.54. The smallest absolute Gasteiger partial charge is 0.0861 e. The molecule has 0 aromatic rings. The molecule has 1 saturated heterocycles. The number of piperidine rings is 1. The van der Waals surface area contributed by atoms with E-state index in [-0.39, 0.29) is 0 Å². The highest BCUT2D eigenvalue weighted by Crippen LogP contribution is 2.47. The molecular formula is C16H28N2O. The monoisotopic (exact) mass is 264 g/mol. The molecule has 0 amide bonds. The van der Waals surface area contributed by atoms with Crippen LogP contribution >= 0.6 is 0 Å². The van der Waals surface area contributed by atoms with E-state index in [0.29, 0.717) is 0 Å². The van der Waals surface area contributed by atoms with Crippen LogP contribution in [0.5, 0.6) is 0 Å². The van der Waals surface area contributed by atoms with E-state index in [2.05, 4.69) is 17.9 Å². The van der Waals surface area contributed by atoms with Crippen LogP contribution in [0.25, 0.3) is 0 Å². The largest absolute Gasteiger partial charge is 0.388 e. The minimum Gasteiger partial charge on any atom is -0.388 e. The fourth-order valence-electron chi connectivity index (χ4n) is 3.91. The first-order valence-electron chi connectivity index (χ1n) is 8.02. The van der Waals surface area contributed by atoms with Gasteiger partial charge in [-0.25, -0.2) is 0 Å². The Morgan fingerprint density at radius 1 is 1.00 bits per heavy atom. The van der Waals surface area contributed by atoms with Gasteiger partial charge in [0.05, 0.1) is 17.1 Å². The molecule has 108 valence electrons. The average Bonchev–Trinajstić information content (AvgIpc) is 2.40. The summed E-state index contributed by atoms with van der Waals surface area (Å²) < 4.78 is 0. The number of nitriles is 1. The van der Waals surface area contributed by atoms with Crippen LogP contribution in [0.15, 0.2) is 0 Å². The molecule has 0 aromatic carbocycles. The standard InChI is InChI=1S/C16H28N2O/c1-2-18-12-10-16(19,11-13-18)15(14-17)8-6-4-3-5-7-9-15/h19H,2-13H2,1H3. The fraction of sp³-hybridized carbons (Fsp3) is 0.938. The van der Waals surface area contributed by atoms with Gasteiger partial charge in [0, 0.05) is 13.1 Å². The van der Waals surface area contributed by atoms with E-state index < -0.39 is 11.0 Å². The van der Waals surface area contributed by atoms with Crippen LogP contribution in [0.1, 0.15) is 64.7 Å². The van der Waals surface area contributed by atoms with E-state index in [1.807, 2.05) is 0 Å². The third kappa shape index (κ3) is 2.95. The SMILES string of the molecule is CCN1CCC(O)(C2(C#N)CCCCCCC2)CC1. The Labute approximate surface area is 117 Å². The molecule has 0 atom stereocenters. The highest BCUT2D eigenvalue weighted by Gasteiger charge is 2.51. The van der Waals surface area contributed by atoms with Crippen LogP contribution in [0.3, 0.4) is 0 Å². The zero-order valence-corrected chi connectivity index (χ0v) is 12.3. The van der Waals surface area contributed by atoms with E-state index in [1.54, 1.807) is 0 Å². The first-order chi connectivity index (χ1) is 9.16. The van der Waals surface area contributed by atoms with Crippen molar-refractivity contribution >= 4 is 0 Å². The van der Waals surface area contributed by atoms with Crippen LogP contribution in [0, 0.1) is 16.7 Å². The lowest BCUT2D eigenvalue weighted by molar-refractivity contribution is -0.105. The number of likely N-dealkylation sites (tertiary alicyclic amines) is 1. The molecule has 0 unspecified atom stereocenters. The highest BCUT2D eigenvalue weighted by atomic mass is 16.3. The first-order valence-corrected chi connectivity index (χ1v) is 8.02. The van der Waals surface area contributed by atoms with Gasteiger partial charge >= 0.3 is 0 Å². The lowest BCUT2D eigenvalue weighted by Gasteiger charge is -2.48. The van der Waals surface area contributed by atoms with Crippen LogP contribution in [0.2, 0.25) is 0 Å². The summed E-state index contributed by atoms with van der Waals surface area (Å²) in [6, 6.07) is 2.56. The minimum atomic E-state index is -0.745. The Kier molecular flexibility index (Phi) is 4.86. The van der Waals surface area contributed by atoms with Crippen molar-refractivity contribution in [3.05, 3.63) is 0 Å². The quantitative estimate of drug-likeness (QED) is 0.833. The Balaban J connectivity index is 2.12. The Hall–Kier alpha value is -0.590. The van der Waals surface area contributed by atoms with E-state index >= 15 is 0 Å². The van der Waals surface area contributed by atoms with Gasteiger partial charge < -0.3 is 10.0 Å². The van der Waals surface area contributed by atoms with Crippen molar-refractivity contribution in [3.8, 4) is 6.07 Å². The molecule has 19 heavy (non-hydrogen) atoms. The molecule has 1 saturated carbocycles. The molecule has 2 aliphatic rings. The summed E-state index contributed by atoms with van der Waals surface area (Å²) in [5.74, 6) is 0. The second-order valence-corrected chi connectivity index (χ2v) is 6.43. The maximum absolute atomic E-state index is 11.1. The van der Waals surface area contributed by atoms with Crippen molar-refractivity contribution in [2.45, 2.75) is 70.3 Å². The molecule has 3 heteroatoms. The third-order valence-electron chi connectivity index (χ3n) is 5.44. The van der Waals surface area contributed by atoms with Gasteiger partial charge in [-0.3, -0.25) is 0 Å². The highest BCUT2D eigenvalue weighted by molar-refractivity contribution is 5.13. The Morgan fingerprint density at radius 3 is 2.00 bits per heavy atom. The van der Waals surface area contributed by atoms with Crippen molar-refractivity contribution in [2.75, 3.05) is 19.6 Å². The molecule has 0 aromatic heterocycles. The number of nitrogens with zero attached hydrogens (tertiary/aromatic N) is 2. The maximum atomic E-state index is 11.1. The first kappa shape index (κ1) is 14.8. The van der Waals surface area contributed by atoms with Crippen molar-refractivity contribution in [2.24, 2.45) is 5.41 Å². The molecule has 0 bridgehead atoms. The number of hydrogen-bond acceptors (Lipinski definition) is 3. The summed E-state index contributed by atoms with van der Waals surface area (Å²) in [4.78, 5) is 2.38. The molecular weight excluding hydrogens is 236 g/mol. The summed E-state index contributed by atoms with van der Waals surface area (Å²) in [7, 11) is 0. The summed E-state index contributed by atoms with van der Waals surface area (Å²) in [5.41, 5.74) is -1.22. The predicted octanol–water partition coefficient (Wildman–Crippen LogP) is 3.09. The van der Waals surface area contributed by atoms with E-state index in [4.69, 9.17) is 0 Å². The minimum absolute atomic E-state index is 0.479. The molecule has 1 aliphatic carbocycles. The zero-order valence-electron chi connectivity index (χ0n) is 12.3. The molecule has 3 nitrogen and oxygen atoms in total. The number of hydrogen-bond donors (Lipinski definition) is 1. The van der Waals surface area contributed by atoms with Gasteiger partial charge in [-0.05, 0) is 32.2 Å². The van der Waals surface area contributed by atoms with Gasteiger partial charge in [-0.1, -0.05) is 39.0 Å². The molecule has 1 N–H and O–H groups in total. The fourth-order valence-corrected chi connectivity index (χ4v) is 3.91. The Morgan fingerprint density at radius 2 is 1.53 bits per heavy atom. The molecule has 1 aliphatic heterocycles. The second-order valence-electron chi connectivity index (χ2n) is 6.43. The van der Waals surface area contributed by atoms with E-state index in [1.165, 1.54) is 19.3 Å². The molecule has 1 heterocycles. The van der Waals surface area contributed by atoms with Gasteiger partial charge in [0.15, 0.2) is 0 Å². The summed E-state index contributed by atoms with van der Waals surface area (Å²) >= 11 is 0. The molecule has 0 spiro atoms. The average molecular weight is 264 g/mol. The maximum Gasteiger partial charge on any atom is 0.0861 e. The third-order valence-corrected chi connectivity index (χ3v) is 5.44. The molecule has 2 rings (SSSR count). The summed E-state index contributed by atoms with van der Waals surface area (Å²) in [5, 5.41) is 20.9. The van der Waals surface area contributed by atoms with E-state index in [9.17, 15) is 10.4 Å². The summed E-state index contributed by atoms with van der Waals surface area (Å²) in [6.45, 7) is 5.10. The second kappa shape index (κ2) is 6.24. The van der Waals surface area contributed by atoms with Crippen molar-refractivity contribution in [1.29, 1.82) is 5.26 Å². The van der Waals surface area contributed by atoms with Gasteiger partial charge in [-0.2, -0.15) is 5.26 Å². The van der Waals surface area contributed by atoms with E-state index in [0.717, 1.165) is 58.2 Å². The van der Waals surface area contributed by atoms with Gasteiger partial charge in [-0.15, -0.1) is 0 Å². The van der Waals surface area contributed by atoms with Gasteiger partial charge in [0.25, 0.3) is 0 Å². The lowest BCUT2D eigenvalue weighted by atomic mass is 9.62. The molecule has 2 fully saturated rings. The zero-order chi connectivity index (χ0) is 13.8. The van der Waals surface area contributed by atoms with Crippen molar-refractivity contribution < 1.29 is 5.11 Å². The van der Waals surface area contributed by atoms with Gasteiger partial charge in [0.1, 0.15) is 0 Å². The normalized spacial score (nSPS) is 28.1. The number of aliphatic hydroxyl groups is 1. The predicted molar refractivity (Wildman–Crippen MR) is 76.7 cm³/mol. The van der Waals surface area contributed by atoms with Crippen molar-refractivity contribution in [1.82, 2.24) is 4.90 Å². The van der Waals surface area contributed by atoms with Crippen LogP contribution < -0.4 is 0 Å².